The molecule has 0 spiro atoms. The number of amides is 1. The van der Waals surface area contributed by atoms with Gasteiger partial charge in [0, 0.05) is 23.4 Å². The smallest absolute Gasteiger partial charge is 0.269 e. The summed E-state index contributed by atoms with van der Waals surface area (Å²) >= 11 is 7.89. The number of hydrogen-bond donors (Lipinski definition) is 1. The van der Waals surface area contributed by atoms with Crippen LogP contribution in [0.3, 0.4) is 0 Å². The van der Waals surface area contributed by atoms with Crippen LogP contribution in [-0.4, -0.2) is 28.9 Å². The van der Waals surface area contributed by atoms with Gasteiger partial charge in [-0.25, -0.2) is 4.98 Å². The van der Waals surface area contributed by atoms with Crippen molar-refractivity contribution in [1.82, 2.24) is 10.3 Å². The van der Waals surface area contributed by atoms with Gasteiger partial charge < -0.3 is 5.32 Å². The van der Waals surface area contributed by atoms with Crippen LogP contribution in [0.25, 0.3) is 10.9 Å². The fourth-order valence-electron chi connectivity index (χ4n) is 1.74. The second-order valence-electron chi connectivity index (χ2n) is 4.13. The zero-order valence-electron chi connectivity index (χ0n) is 10.9. The van der Waals surface area contributed by atoms with Crippen molar-refractivity contribution < 1.29 is 4.79 Å². The van der Waals surface area contributed by atoms with E-state index in [1.165, 1.54) is 0 Å². The average molecular weight is 307 g/mol. The van der Waals surface area contributed by atoms with Gasteiger partial charge in [-0.1, -0.05) is 35.9 Å². The molecule has 0 unspecified atom stereocenters. The van der Waals surface area contributed by atoms with E-state index < -0.39 is 0 Å². The van der Waals surface area contributed by atoms with E-state index in [0.29, 0.717) is 17.3 Å². The third-order valence-electron chi connectivity index (χ3n) is 2.67. The number of halogens is 1. The Bertz CT molecular complexity index is 630. The minimum Gasteiger partial charge on any atom is -0.350 e. The highest BCUT2D eigenvalue weighted by Crippen LogP contribution is 2.22. The number of nitrogens with one attached hydrogen (secondary N) is 1. The largest absolute Gasteiger partial charge is 0.350 e. The molecule has 0 bridgehead atoms. The fourth-order valence-corrected chi connectivity index (χ4v) is 2.59. The van der Waals surface area contributed by atoms with Gasteiger partial charge in [0.1, 0.15) is 5.69 Å². The molecule has 0 aliphatic rings. The maximum Gasteiger partial charge on any atom is 0.269 e. The molecule has 104 valence electrons. The second kappa shape index (κ2) is 7.31. The fraction of sp³-hybridized carbons (Fsp3) is 0.200. The van der Waals surface area contributed by atoms with Crippen molar-refractivity contribution in [1.29, 1.82) is 0 Å². The van der Waals surface area contributed by atoms with Gasteiger partial charge in [0.05, 0.1) is 10.5 Å². The average Bonchev–Trinajstić information content (AvgIpc) is 2.47. The molecule has 3 nitrogen and oxygen atoms in total. The monoisotopic (exact) mass is 306 g/mol. The molecule has 20 heavy (non-hydrogen) atoms. The van der Waals surface area contributed by atoms with Gasteiger partial charge in [-0.2, -0.15) is 11.8 Å². The van der Waals surface area contributed by atoms with Gasteiger partial charge in [0.2, 0.25) is 0 Å². The number of rotatable bonds is 6. The molecule has 1 amide bonds. The van der Waals surface area contributed by atoms with Crippen LogP contribution in [0.5, 0.6) is 0 Å². The summed E-state index contributed by atoms with van der Waals surface area (Å²) in [4.78, 5) is 16.3. The Morgan fingerprint density at radius 3 is 3.05 bits per heavy atom. The highest BCUT2D eigenvalue weighted by atomic mass is 35.5. The Balaban J connectivity index is 2.05. The minimum atomic E-state index is -0.197. The van der Waals surface area contributed by atoms with Gasteiger partial charge >= 0.3 is 0 Å². The quantitative estimate of drug-likeness (QED) is 0.655. The SMILES string of the molecule is C=CCSCCNC(=O)c1cc(Cl)c2ccccc2n1. The first-order valence-corrected chi connectivity index (χ1v) is 7.78. The van der Waals surface area contributed by atoms with Crippen LogP contribution in [0.2, 0.25) is 5.02 Å². The van der Waals surface area contributed by atoms with Crippen LogP contribution >= 0.6 is 23.4 Å². The molecular formula is C15H15ClN2OS. The van der Waals surface area contributed by atoms with Gasteiger partial charge in [-0.05, 0) is 12.1 Å². The summed E-state index contributed by atoms with van der Waals surface area (Å²) in [7, 11) is 0. The van der Waals surface area contributed by atoms with Crippen LogP contribution in [0.4, 0.5) is 0 Å². The van der Waals surface area contributed by atoms with Crippen LogP contribution in [0, 0.1) is 0 Å². The molecule has 0 aliphatic carbocycles. The molecule has 0 saturated carbocycles. The van der Waals surface area contributed by atoms with E-state index >= 15 is 0 Å². The number of benzene rings is 1. The Kier molecular flexibility index (Phi) is 5.44. The summed E-state index contributed by atoms with van der Waals surface area (Å²) in [6.07, 6.45) is 1.84. The number of pyridine rings is 1. The van der Waals surface area contributed by atoms with Gasteiger partial charge in [-0.15, -0.1) is 6.58 Å². The van der Waals surface area contributed by atoms with E-state index in [-0.39, 0.29) is 5.91 Å². The van der Waals surface area contributed by atoms with E-state index in [4.69, 9.17) is 11.6 Å². The molecule has 0 radical (unpaired) electrons. The summed E-state index contributed by atoms with van der Waals surface area (Å²) in [5.74, 6) is 1.53. The maximum atomic E-state index is 12.0. The Morgan fingerprint density at radius 1 is 1.45 bits per heavy atom. The Hall–Kier alpha value is -1.52. The number of para-hydroxylation sites is 1. The lowest BCUT2D eigenvalue weighted by Gasteiger charge is -2.06. The summed E-state index contributed by atoms with van der Waals surface area (Å²) in [5, 5.41) is 4.23. The Morgan fingerprint density at radius 2 is 2.25 bits per heavy atom. The van der Waals surface area contributed by atoms with Gasteiger partial charge in [0.15, 0.2) is 0 Å². The number of fused-ring (bicyclic) bond motifs is 1. The topological polar surface area (TPSA) is 42.0 Å². The number of nitrogens with zero attached hydrogens (tertiary/aromatic N) is 1. The van der Waals surface area contributed by atoms with E-state index in [1.54, 1.807) is 17.8 Å². The van der Waals surface area contributed by atoms with E-state index in [1.807, 2.05) is 30.3 Å². The highest BCUT2D eigenvalue weighted by molar-refractivity contribution is 7.99. The normalized spacial score (nSPS) is 10.4. The first-order chi connectivity index (χ1) is 9.72. The lowest BCUT2D eigenvalue weighted by Crippen LogP contribution is -2.26. The molecule has 2 aromatic rings. The summed E-state index contributed by atoms with van der Waals surface area (Å²) in [6.45, 7) is 4.25. The second-order valence-corrected chi connectivity index (χ2v) is 5.68. The van der Waals surface area contributed by atoms with Gasteiger partial charge in [0.25, 0.3) is 5.91 Å². The van der Waals surface area contributed by atoms with Crippen molar-refractivity contribution in [3.05, 3.63) is 53.7 Å². The lowest BCUT2D eigenvalue weighted by atomic mass is 10.2. The first kappa shape index (κ1) is 14.9. The highest BCUT2D eigenvalue weighted by Gasteiger charge is 2.10. The third kappa shape index (κ3) is 3.74. The number of carbonyl (C=O) groups is 1. The zero-order valence-corrected chi connectivity index (χ0v) is 12.5. The predicted octanol–water partition coefficient (Wildman–Crippen LogP) is 3.54. The van der Waals surface area contributed by atoms with Crippen molar-refractivity contribution in [3.63, 3.8) is 0 Å². The maximum absolute atomic E-state index is 12.0. The summed E-state index contributed by atoms with van der Waals surface area (Å²) in [6, 6.07) is 9.11. The molecule has 0 aliphatic heterocycles. The van der Waals surface area contributed by atoms with Gasteiger partial charge in [-0.3, -0.25) is 4.79 Å². The molecule has 0 saturated heterocycles. The molecule has 1 heterocycles. The van der Waals surface area contributed by atoms with Crippen molar-refractivity contribution in [3.8, 4) is 0 Å². The van der Waals surface area contributed by atoms with E-state index in [9.17, 15) is 4.79 Å². The number of aromatic nitrogens is 1. The van der Waals surface area contributed by atoms with Crippen LogP contribution in [0.1, 0.15) is 10.5 Å². The summed E-state index contributed by atoms with van der Waals surface area (Å²) < 4.78 is 0. The van der Waals surface area contributed by atoms with Crippen LogP contribution in [0.15, 0.2) is 43.0 Å². The zero-order chi connectivity index (χ0) is 14.4. The molecule has 0 fully saturated rings. The molecule has 0 atom stereocenters. The van der Waals surface area contributed by atoms with Crippen molar-refractivity contribution in [2.45, 2.75) is 0 Å². The molecule has 1 aromatic heterocycles. The number of thioether (sulfide) groups is 1. The van der Waals surface area contributed by atoms with E-state index in [0.717, 1.165) is 22.4 Å². The van der Waals surface area contributed by atoms with Crippen molar-refractivity contribution >= 4 is 40.2 Å². The Labute approximate surface area is 127 Å². The first-order valence-electron chi connectivity index (χ1n) is 6.24. The van der Waals surface area contributed by atoms with Crippen LogP contribution < -0.4 is 5.32 Å². The number of carbonyl (C=O) groups excluding carboxylic acids is 1. The molecule has 2 rings (SSSR count). The minimum absolute atomic E-state index is 0.197. The van der Waals surface area contributed by atoms with Crippen molar-refractivity contribution in [2.24, 2.45) is 0 Å². The predicted molar refractivity (Wildman–Crippen MR) is 86.6 cm³/mol. The molecule has 1 aromatic carbocycles. The number of hydrogen-bond acceptors (Lipinski definition) is 3. The van der Waals surface area contributed by atoms with E-state index in [2.05, 4.69) is 16.9 Å². The standard InChI is InChI=1S/C15H15ClN2OS/c1-2-8-20-9-7-17-15(19)14-10-12(16)11-5-3-4-6-13(11)18-14/h2-6,10H,1,7-9H2,(H,17,19). The van der Waals surface area contributed by atoms with Crippen LogP contribution in [-0.2, 0) is 0 Å². The molecule has 5 heteroatoms. The lowest BCUT2D eigenvalue weighted by molar-refractivity contribution is 0.0951. The molecule has 1 N–H and O–H groups in total. The molecular weight excluding hydrogens is 292 g/mol. The van der Waals surface area contributed by atoms with Crippen molar-refractivity contribution in [2.75, 3.05) is 18.1 Å². The summed E-state index contributed by atoms with van der Waals surface area (Å²) in [5.41, 5.74) is 1.08. The third-order valence-corrected chi connectivity index (χ3v) is 3.94.